The van der Waals surface area contributed by atoms with E-state index in [1.165, 1.54) is 19.3 Å². The number of nitrogens with two attached hydrogens (primary N) is 1. The highest BCUT2D eigenvalue weighted by molar-refractivity contribution is 5.89. The minimum Gasteiger partial charge on any atom is -0.368 e. The van der Waals surface area contributed by atoms with E-state index in [9.17, 15) is 9.59 Å². The molecule has 0 heterocycles. The van der Waals surface area contributed by atoms with Crippen molar-refractivity contribution in [2.45, 2.75) is 57.9 Å². The molecule has 0 aliphatic heterocycles. The number of hydrogen-bond donors (Lipinski definition) is 2. The highest BCUT2D eigenvalue weighted by atomic mass is 16.2. The first-order chi connectivity index (χ1) is 9.02. The Balaban J connectivity index is 1.74. The Morgan fingerprint density at radius 3 is 2.00 bits per heavy atom. The van der Waals surface area contributed by atoms with Crippen LogP contribution in [0.1, 0.15) is 51.9 Å². The average molecular weight is 264 g/mol. The molecule has 0 aromatic rings. The monoisotopic (exact) mass is 264 g/mol. The molecule has 0 aromatic heterocycles. The lowest BCUT2D eigenvalue weighted by molar-refractivity contribution is -0.148. The smallest absolute Gasteiger partial charge is 0.239 e. The predicted molar refractivity (Wildman–Crippen MR) is 72.0 cm³/mol. The summed E-state index contributed by atoms with van der Waals surface area (Å²) in [5.74, 6) is 1.90. The van der Waals surface area contributed by atoms with Crippen LogP contribution in [0.5, 0.6) is 0 Å². The SMILES string of the molecule is CC[C@H](NC(=O)C12CC3CC(CC(C3)C1)C2)C(N)=O. The van der Waals surface area contributed by atoms with Crippen LogP contribution in [0.3, 0.4) is 0 Å². The lowest BCUT2D eigenvalue weighted by Gasteiger charge is -2.55. The van der Waals surface area contributed by atoms with E-state index < -0.39 is 11.9 Å². The van der Waals surface area contributed by atoms with Crippen molar-refractivity contribution >= 4 is 11.8 Å². The Hall–Kier alpha value is -1.06. The number of amides is 2. The lowest BCUT2D eigenvalue weighted by atomic mass is 9.49. The van der Waals surface area contributed by atoms with Gasteiger partial charge in [0.1, 0.15) is 6.04 Å². The van der Waals surface area contributed by atoms with Gasteiger partial charge in [0.05, 0.1) is 0 Å². The van der Waals surface area contributed by atoms with E-state index in [0.717, 1.165) is 37.0 Å². The minimum atomic E-state index is -0.500. The predicted octanol–water partition coefficient (Wildman–Crippen LogP) is 1.58. The second kappa shape index (κ2) is 4.50. The van der Waals surface area contributed by atoms with Crippen LogP contribution in [0.4, 0.5) is 0 Å². The number of carbonyl (C=O) groups excluding carboxylic acids is 2. The van der Waals surface area contributed by atoms with Gasteiger partial charge in [0.15, 0.2) is 0 Å². The summed E-state index contributed by atoms with van der Waals surface area (Å²) in [6.07, 6.45) is 7.62. The molecule has 3 N–H and O–H groups in total. The third-order valence-electron chi connectivity index (χ3n) is 5.58. The second-order valence-corrected chi connectivity index (χ2v) is 7.03. The maximum atomic E-state index is 12.7. The third-order valence-corrected chi connectivity index (χ3v) is 5.58. The summed E-state index contributed by atoms with van der Waals surface area (Å²) in [4.78, 5) is 24.0. The van der Waals surface area contributed by atoms with E-state index in [1.54, 1.807) is 0 Å². The zero-order valence-electron chi connectivity index (χ0n) is 11.7. The fraction of sp³-hybridized carbons (Fsp3) is 0.867. The van der Waals surface area contributed by atoms with Crippen LogP contribution in [0.2, 0.25) is 0 Å². The van der Waals surface area contributed by atoms with E-state index in [1.807, 2.05) is 6.92 Å². The van der Waals surface area contributed by atoms with Crippen LogP contribution < -0.4 is 11.1 Å². The topological polar surface area (TPSA) is 72.2 Å². The Morgan fingerprint density at radius 1 is 1.16 bits per heavy atom. The van der Waals surface area contributed by atoms with Gasteiger partial charge < -0.3 is 11.1 Å². The van der Waals surface area contributed by atoms with Crippen LogP contribution in [0.25, 0.3) is 0 Å². The van der Waals surface area contributed by atoms with Crippen molar-refractivity contribution < 1.29 is 9.59 Å². The molecule has 4 fully saturated rings. The molecule has 4 saturated carbocycles. The largest absolute Gasteiger partial charge is 0.368 e. The molecule has 4 aliphatic rings. The van der Waals surface area contributed by atoms with Gasteiger partial charge >= 0.3 is 0 Å². The van der Waals surface area contributed by atoms with Gasteiger partial charge in [-0.25, -0.2) is 0 Å². The molecule has 0 aromatic carbocycles. The number of nitrogens with one attached hydrogen (secondary N) is 1. The zero-order valence-corrected chi connectivity index (χ0v) is 11.7. The molecule has 4 heteroatoms. The van der Waals surface area contributed by atoms with E-state index in [-0.39, 0.29) is 11.3 Å². The van der Waals surface area contributed by atoms with Crippen molar-refractivity contribution in [3.8, 4) is 0 Å². The fourth-order valence-corrected chi connectivity index (χ4v) is 5.07. The number of hydrogen-bond acceptors (Lipinski definition) is 2. The Kier molecular flexibility index (Phi) is 3.06. The van der Waals surface area contributed by atoms with E-state index in [2.05, 4.69) is 5.32 Å². The van der Waals surface area contributed by atoms with Gasteiger partial charge in [-0.3, -0.25) is 9.59 Å². The molecule has 2 amide bonds. The van der Waals surface area contributed by atoms with Gasteiger partial charge in [0.25, 0.3) is 0 Å². The van der Waals surface area contributed by atoms with Crippen molar-refractivity contribution in [2.75, 3.05) is 0 Å². The first-order valence-corrected chi connectivity index (χ1v) is 7.62. The Morgan fingerprint density at radius 2 is 1.63 bits per heavy atom. The zero-order chi connectivity index (χ0) is 13.6. The van der Waals surface area contributed by atoms with Gasteiger partial charge in [-0.1, -0.05) is 6.92 Å². The van der Waals surface area contributed by atoms with Gasteiger partial charge in [-0.2, -0.15) is 0 Å². The molecule has 0 unspecified atom stereocenters. The van der Waals surface area contributed by atoms with E-state index >= 15 is 0 Å². The van der Waals surface area contributed by atoms with Crippen LogP contribution in [0.15, 0.2) is 0 Å². The molecule has 1 atom stereocenters. The van der Waals surface area contributed by atoms with Crippen molar-refractivity contribution in [2.24, 2.45) is 28.9 Å². The van der Waals surface area contributed by atoms with Crippen molar-refractivity contribution in [3.63, 3.8) is 0 Å². The maximum absolute atomic E-state index is 12.7. The fourth-order valence-electron chi connectivity index (χ4n) is 5.07. The lowest BCUT2D eigenvalue weighted by Crippen LogP contribution is -2.56. The first kappa shape index (κ1) is 12.9. The molecule has 4 aliphatic carbocycles. The summed E-state index contributed by atoms with van der Waals surface area (Å²) < 4.78 is 0. The standard InChI is InChI=1S/C15H24N2O2/c1-2-12(13(16)18)17-14(19)15-6-9-3-10(7-15)5-11(4-9)8-15/h9-12H,2-8H2,1H3,(H2,16,18)(H,17,19)/t9?,10?,11?,12-,15?/m0/s1. The van der Waals surface area contributed by atoms with E-state index in [4.69, 9.17) is 5.73 Å². The Labute approximate surface area is 114 Å². The summed E-state index contributed by atoms with van der Waals surface area (Å²) in [5, 5.41) is 2.91. The highest BCUT2D eigenvalue weighted by Crippen LogP contribution is 2.60. The highest BCUT2D eigenvalue weighted by Gasteiger charge is 2.54. The summed E-state index contributed by atoms with van der Waals surface area (Å²) in [7, 11) is 0. The maximum Gasteiger partial charge on any atom is 0.239 e. The Bertz CT molecular complexity index is 370. The molecule has 19 heavy (non-hydrogen) atoms. The van der Waals surface area contributed by atoms with Gasteiger partial charge in [-0.15, -0.1) is 0 Å². The third kappa shape index (κ3) is 2.15. The second-order valence-electron chi connectivity index (χ2n) is 7.03. The molecule has 4 rings (SSSR count). The molecule has 0 radical (unpaired) electrons. The molecule has 0 saturated heterocycles. The van der Waals surface area contributed by atoms with Gasteiger partial charge in [0, 0.05) is 5.41 Å². The van der Waals surface area contributed by atoms with Gasteiger partial charge in [0.2, 0.25) is 11.8 Å². The first-order valence-electron chi connectivity index (χ1n) is 7.62. The summed E-state index contributed by atoms with van der Waals surface area (Å²) >= 11 is 0. The van der Waals surface area contributed by atoms with Crippen LogP contribution in [-0.2, 0) is 9.59 Å². The average Bonchev–Trinajstić information content (AvgIpc) is 2.33. The summed E-state index contributed by atoms with van der Waals surface area (Å²) in [6, 6.07) is -0.500. The number of carbonyl (C=O) groups is 2. The van der Waals surface area contributed by atoms with Crippen LogP contribution >= 0.6 is 0 Å². The normalized spacial score (nSPS) is 41.0. The molecular formula is C15H24N2O2. The quantitative estimate of drug-likeness (QED) is 0.809. The van der Waals surface area contributed by atoms with Crippen molar-refractivity contribution in [1.29, 1.82) is 0 Å². The molecule has 4 nitrogen and oxygen atoms in total. The molecule has 4 bridgehead atoms. The minimum absolute atomic E-state index is 0.0947. The van der Waals surface area contributed by atoms with Crippen molar-refractivity contribution in [1.82, 2.24) is 5.32 Å². The van der Waals surface area contributed by atoms with Gasteiger partial charge in [-0.05, 0) is 62.7 Å². The molecule has 0 spiro atoms. The summed E-state index contributed by atoms with van der Waals surface area (Å²) in [6.45, 7) is 1.88. The van der Waals surface area contributed by atoms with E-state index in [0.29, 0.717) is 6.42 Å². The molecule has 106 valence electrons. The van der Waals surface area contributed by atoms with Crippen molar-refractivity contribution in [3.05, 3.63) is 0 Å². The van der Waals surface area contributed by atoms with Crippen LogP contribution in [-0.4, -0.2) is 17.9 Å². The molecular weight excluding hydrogens is 240 g/mol. The number of rotatable bonds is 4. The summed E-state index contributed by atoms with van der Waals surface area (Å²) in [5.41, 5.74) is 5.15. The number of primary amides is 1. The van der Waals surface area contributed by atoms with Crippen LogP contribution in [0, 0.1) is 23.2 Å².